The molecule has 3 aromatic rings. The van der Waals surface area contributed by atoms with Gasteiger partial charge in [-0.3, -0.25) is 0 Å². The quantitative estimate of drug-likeness (QED) is 0.586. The van der Waals surface area contributed by atoms with E-state index >= 15 is 0 Å². The third-order valence-electron chi connectivity index (χ3n) is 2.56. The van der Waals surface area contributed by atoms with Crippen LogP contribution in [0.4, 0.5) is 4.39 Å². The van der Waals surface area contributed by atoms with Crippen LogP contribution in [0.3, 0.4) is 0 Å². The fraction of sp³-hybridized carbons (Fsp3) is 0. The summed E-state index contributed by atoms with van der Waals surface area (Å²) in [6, 6.07) is 10.5. The van der Waals surface area contributed by atoms with Crippen LogP contribution >= 0.6 is 11.6 Å². The van der Waals surface area contributed by atoms with Crippen LogP contribution in [0.2, 0.25) is 5.02 Å². The molecule has 0 spiro atoms. The number of rotatable bonds is 0. The van der Waals surface area contributed by atoms with E-state index < -0.39 is 0 Å². The number of hydrogen-bond donors (Lipinski definition) is 1. The summed E-state index contributed by atoms with van der Waals surface area (Å²) in [7, 11) is 0. The van der Waals surface area contributed by atoms with Gasteiger partial charge in [-0.05, 0) is 18.2 Å². The third kappa shape index (κ3) is 1.15. The van der Waals surface area contributed by atoms with Gasteiger partial charge in [-0.15, -0.1) is 0 Å². The van der Waals surface area contributed by atoms with Gasteiger partial charge in [0.15, 0.2) is 0 Å². The molecule has 0 aliphatic rings. The zero-order valence-corrected chi connectivity index (χ0v) is 8.48. The van der Waals surface area contributed by atoms with Gasteiger partial charge in [0.1, 0.15) is 5.82 Å². The zero-order chi connectivity index (χ0) is 10.4. The van der Waals surface area contributed by atoms with E-state index in [1.54, 1.807) is 6.07 Å². The lowest BCUT2D eigenvalue weighted by Crippen LogP contribution is -1.76. The maximum atomic E-state index is 13.7. The monoisotopic (exact) mass is 219 g/mol. The lowest BCUT2D eigenvalue weighted by atomic mass is 10.1. The average Bonchev–Trinajstić information content (AvgIpc) is 2.64. The van der Waals surface area contributed by atoms with Crippen LogP contribution < -0.4 is 0 Å². The summed E-state index contributed by atoms with van der Waals surface area (Å²) < 4.78 is 13.7. The van der Waals surface area contributed by atoms with Crippen LogP contribution in [0.25, 0.3) is 21.8 Å². The number of fused-ring (bicyclic) bond motifs is 3. The standard InChI is InChI=1S/C12H7ClFN/c13-8-5-6-9(14)11-7-3-1-2-4-10(7)15-12(8)11/h1-6,15H. The van der Waals surface area contributed by atoms with Crippen molar-refractivity contribution in [3.8, 4) is 0 Å². The van der Waals surface area contributed by atoms with Crippen molar-refractivity contribution in [2.24, 2.45) is 0 Å². The van der Waals surface area contributed by atoms with E-state index in [-0.39, 0.29) is 5.82 Å². The molecule has 0 atom stereocenters. The van der Waals surface area contributed by atoms with E-state index in [2.05, 4.69) is 4.98 Å². The Morgan fingerprint density at radius 3 is 2.73 bits per heavy atom. The highest BCUT2D eigenvalue weighted by Crippen LogP contribution is 2.31. The van der Waals surface area contributed by atoms with Crippen molar-refractivity contribution in [1.82, 2.24) is 4.98 Å². The minimum absolute atomic E-state index is 0.244. The number of nitrogens with one attached hydrogen (secondary N) is 1. The second-order valence-corrected chi connectivity index (χ2v) is 3.86. The second kappa shape index (κ2) is 2.97. The summed E-state index contributed by atoms with van der Waals surface area (Å²) in [5.74, 6) is -0.244. The molecule has 0 aliphatic carbocycles. The first-order valence-electron chi connectivity index (χ1n) is 4.62. The molecule has 1 heterocycles. The largest absolute Gasteiger partial charge is 0.353 e. The molecule has 0 amide bonds. The first-order chi connectivity index (χ1) is 7.27. The number of benzene rings is 2. The van der Waals surface area contributed by atoms with Crippen LogP contribution in [-0.2, 0) is 0 Å². The third-order valence-corrected chi connectivity index (χ3v) is 2.87. The maximum Gasteiger partial charge on any atom is 0.133 e. The molecule has 15 heavy (non-hydrogen) atoms. The normalized spacial score (nSPS) is 11.3. The zero-order valence-electron chi connectivity index (χ0n) is 7.72. The van der Waals surface area contributed by atoms with Crippen molar-refractivity contribution in [3.05, 3.63) is 47.2 Å². The lowest BCUT2D eigenvalue weighted by Gasteiger charge is -1.95. The highest BCUT2D eigenvalue weighted by Gasteiger charge is 2.10. The number of para-hydroxylation sites is 1. The van der Waals surface area contributed by atoms with Gasteiger partial charge in [0.05, 0.1) is 10.5 Å². The van der Waals surface area contributed by atoms with Gasteiger partial charge < -0.3 is 4.98 Å². The fourth-order valence-electron chi connectivity index (χ4n) is 1.88. The molecule has 1 nitrogen and oxygen atoms in total. The number of aromatic amines is 1. The Morgan fingerprint density at radius 1 is 1.07 bits per heavy atom. The first-order valence-corrected chi connectivity index (χ1v) is 4.99. The predicted molar refractivity (Wildman–Crippen MR) is 60.8 cm³/mol. The van der Waals surface area contributed by atoms with Crippen LogP contribution in [0.1, 0.15) is 0 Å². The SMILES string of the molecule is Fc1ccc(Cl)c2[nH]c3ccccc3c12. The van der Waals surface area contributed by atoms with Gasteiger partial charge in [-0.1, -0.05) is 29.8 Å². The Bertz CT molecular complexity index is 657. The highest BCUT2D eigenvalue weighted by atomic mass is 35.5. The molecule has 0 fully saturated rings. The average molecular weight is 220 g/mol. The van der Waals surface area contributed by atoms with Crippen LogP contribution in [0.15, 0.2) is 36.4 Å². The lowest BCUT2D eigenvalue weighted by molar-refractivity contribution is 0.640. The molecule has 0 saturated carbocycles. The van der Waals surface area contributed by atoms with Crippen molar-refractivity contribution in [2.75, 3.05) is 0 Å². The van der Waals surface area contributed by atoms with Crippen molar-refractivity contribution in [3.63, 3.8) is 0 Å². The van der Waals surface area contributed by atoms with E-state index in [9.17, 15) is 4.39 Å². The molecule has 3 rings (SSSR count). The molecule has 0 unspecified atom stereocenters. The number of halogens is 2. The van der Waals surface area contributed by atoms with Crippen molar-refractivity contribution in [1.29, 1.82) is 0 Å². The van der Waals surface area contributed by atoms with Gasteiger partial charge in [-0.25, -0.2) is 4.39 Å². The van der Waals surface area contributed by atoms with Gasteiger partial charge in [-0.2, -0.15) is 0 Å². The predicted octanol–water partition coefficient (Wildman–Crippen LogP) is 4.11. The van der Waals surface area contributed by atoms with Crippen molar-refractivity contribution in [2.45, 2.75) is 0 Å². The van der Waals surface area contributed by atoms with Crippen molar-refractivity contribution < 1.29 is 4.39 Å². The summed E-state index contributed by atoms with van der Waals surface area (Å²) >= 11 is 6.00. The molecule has 1 N–H and O–H groups in total. The fourth-order valence-corrected chi connectivity index (χ4v) is 2.09. The Morgan fingerprint density at radius 2 is 1.87 bits per heavy atom. The van der Waals surface area contributed by atoms with Crippen LogP contribution in [0.5, 0.6) is 0 Å². The molecular formula is C12H7ClFN. The van der Waals surface area contributed by atoms with Gasteiger partial charge in [0, 0.05) is 16.3 Å². The van der Waals surface area contributed by atoms with Crippen molar-refractivity contribution >= 4 is 33.4 Å². The Balaban J connectivity index is 2.66. The van der Waals surface area contributed by atoms with E-state index in [0.29, 0.717) is 15.9 Å². The molecule has 0 bridgehead atoms. The van der Waals surface area contributed by atoms with Gasteiger partial charge >= 0.3 is 0 Å². The molecule has 0 radical (unpaired) electrons. The molecular weight excluding hydrogens is 213 g/mol. The first kappa shape index (κ1) is 8.74. The van der Waals surface area contributed by atoms with Crippen LogP contribution in [-0.4, -0.2) is 4.98 Å². The second-order valence-electron chi connectivity index (χ2n) is 3.45. The van der Waals surface area contributed by atoms with E-state index in [4.69, 9.17) is 11.6 Å². The van der Waals surface area contributed by atoms with E-state index in [1.165, 1.54) is 6.07 Å². The minimum Gasteiger partial charge on any atom is -0.353 e. The number of hydrogen-bond acceptors (Lipinski definition) is 0. The topological polar surface area (TPSA) is 15.8 Å². The van der Waals surface area contributed by atoms with E-state index in [0.717, 1.165) is 10.9 Å². The van der Waals surface area contributed by atoms with Gasteiger partial charge in [0.2, 0.25) is 0 Å². The summed E-state index contributed by atoms with van der Waals surface area (Å²) in [5, 5.41) is 1.98. The maximum absolute atomic E-state index is 13.7. The molecule has 1 aromatic heterocycles. The Labute approximate surface area is 90.5 Å². The molecule has 2 aromatic carbocycles. The highest BCUT2D eigenvalue weighted by molar-refractivity contribution is 6.36. The number of H-pyrrole nitrogens is 1. The number of aromatic nitrogens is 1. The minimum atomic E-state index is -0.244. The van der Waals surface area contributed by atoms with E-state index in [1.807, 2.05) is 24.3 Å². The molecule has 3 heteroatoms. The summed E-state index contributed by atoms with van der Waals surface area (Å²) in [5.41, 5.74) is 1.57. The molecule has 0 aliphatic heterocycles. The van der Waals surface area contributed by atoms with Gasteiger partial charge in [0.25, 0.3) is 0 Å². The molecule has 0 saturated heterocycles. The summed E-state index contributed by atoms with van der Waals surface area (Å²) in [4.78, 5) is 3.12. The Kier molecular flexibility index (Phi) is 1.73. The smallest absolute Gasteiger partial charge is 0.133 e. The molecule has 74 valence electrons. The van der Waals surface area contributed by atoms with Crippen LogP contribution in [0, 0.1) is 5.82 Å². The summed E-state index contributed by atoms with van der Waals surface area (Å²) in [6.07, 6.45) is 0. The Hall–Kier alpha value is -1.54. The summed E-state index contributed by atoms with van der Waals surface area (Å²) in [6.45, 7) is 0.